The first-order valence-electron chi connectivity index (χ1n) is 19.9. The Balaban J connectivity index is 1.03. The molecule has 0 radical (unpaired) electrons. The molecule has 278 valence electrons. The predicted molar refractivity (Wildman–Crippen MR) is 240 cm³/mol. The highest BCUT2D eigenvalue weighted by molar-refractivity contribution is 5.87. The van der Waals surface area contributed by atoms with E-state index in [-0.39, 0.29) is 5.41 Å². The molecule has 0 spiro atoms. The van der Waals surface area contributed by atoms with Crippen molar-refractivity contribution in [1.82, 2.24) is 15.0 Å². The van der Waals surface area contributed by atoms with E-state index >= 15 is 0 Å². The molecular formula is C55H38N4. The molecule has 4 heteroatoms. The van der Waals surface area contributed by atoms with Crippen molar-refractivity contribution in [3.8, 4) is 95.6 Å². The maximum Gasteiger partial charge on any atom is 0.160 e. The second-order valence-corrected chi connectivity index (χ2v) is 15.6. The van der Waals surface area contributed by atoms with Gasteiger partial charge in [-0.25, -0.2) is 9.97 Å². The van der Waals surface area contributed by atoms with Gasteiger partial charge in [0.15, 0.2) is 5.82 Å². The van der Waals surface area contributed by atoms with Crippen LogP contribution in [0, 0.1) is 11.3 Å². The van der Waals surface area contributed by atoms with E-state index in [9.17, 15) is 5.26 Å². The van der Waals surface area contributed by atoms with Crippen molar-refractivity contribution in [3.05, 3.63) is 211 Å². The third-order valence-electron chi connectivity index (χ3n) is 11.6. The van der Waals surface area contributed by atoms with Gasteiger partial charge in [-0.05, 0) is 121 Å². The summed E-state index contributed by atoms with van der Waals surface area (Å²) in [5.74, 6) is 0.690. The van der Waals surface area contributed by atoms with Crippen molar-refractivity contribution in [1.29, 1.82) is 5.26 Å². The van der Waals surface area contributed by atoms with Crippen LogP contribution in [0.4, 0.5) is 0 Å². The van der Waals surface area contributed by atoms with Gasteiger partial charge in [-0.2, -0.15) is 5.26 Å². The third-order valence-corrected chi connectivity index (χ3v) is 11.6. The van der Waals surface area contributed by atoms with Gasteiger partial charge in [0.1, 0.15) is 0 Å². The Labute approximate surface area is 344 Å². The highest BCUT2D eigenvalue weighted by Gasteiger charge is 2.36. The van der Waals surface area contributed by atoms with Crippen LogP contribution in [-0.4, -0.2) is 15.0 Å². The smallest absolute Gasteiger partial charge is 0.160 e. The van der Waals surface area contributed by atoms with Crippen LogP contribution in [-0.2, 0) is 5.41 Å². The summed E-state index contributed by atoms with van der Waals surface area (Å²) < 4.78 is 0. The van der Waals surface area contributed by atoms with Gasteiger partial charge in [-0.3, -0.25) is 4.98 Å². The second-order valence-electron chi connectivity index (χ2n) is 15.6. The van der Waals surface area contributed by atoms with Gasteiger partial charge in [0.25, 0.3) is 0 Å². The lowest BCUT2D eigenvalue weighted by molar-refractivity contribution is 0.660. The first kappa shape index (κ1) is 35.7. The van der Waals surface area contributed by atoms with Crippen molar-refractivity contribution in [2.75, 3.05) is 0 Å². The van der Waals surface area contributed by atoms with Crippen LogP contribution in [0.15, 0.2) is 194 Å². The van der Waals surface area contributed by atoms with E-state index in [0.29, 0.717) is 11.4 Å². The molecule has 0 fully saturated rings. The number of benzene rings is 7. The number of rotatable bonds is 7. The molecule has 2 aromatic heterocycles. The van der Waals surface area contributed by atoms with E-state index in [0.717, 1.165) is 61.5 Å². The summed E-state index contributed by atoms with van der Waals surface area (Å²) >= 11 is 0. The van der Waals surface area contributed by atoms with Crippen LogP contribution in [0.5, 0.6) is 0 Å². The fourth-order valence-electron chi connectivity index (χ4n) is 8.42. The van der Waals surface area contributed by atoms with Crippen LogP contribution in [0.2, 0.25) is 0 Å². The van der Waals surface area contributed by atoms with Gasteiger partial charge < -0.3 is 0 Å². The molecule has 7 aromatic carbocycles. The van der Waals surface area contributed by atoms with Crippen molar-refractivity contribution >= 4 is 0 Å². The van der Waals surface area contributed by atoms with Gasteiger partial charge in [0.2, 0.25) is 0 Å². The number of hydrogen-bond donors (Lipinski definition) is 0. The van der Waals surface area contributed by atoms with E-state index in [1.165, 1.54) is 33.4 Å². The molecule has 0 saturated carbocycles. The number of hydrogen-bond acceptors (Lipinski definition) is 4. The average molecular weight is 755 g/mol. The molecule has 0 aliphatic heterocycles. The van der Waals surface area contributed by atoms with E-state index in [4.69, 9.17) is 9.97 Å². The summed E-state index contributed by atoms with van der Waals surface area (Å²) in [7, 11) is 0. The zero-order chi connectivity index (χ0) is 39.9. The Morgan fingerprint density at radius 3 is 1.41 bits per heavy atom. The van der Waals surface area contributed by atoms with Crippen molar-refractivity contribution < 1.29 is 0 Å². The van der Waals surface area contributed by atoms with E-state index < -0.39 is 0 Å². The Bertz CT molecular complexity index is 3040. The molecule has 0 amide bonds. The lowest BCUT2D eigenvalue weighted by atomic mass is 9.81. The molecule has 2 heterocycles. The van der Waals surface area contributed by atoms with Crippen molar-refractivity contribution in [2.45, 2.75) is 19.3 Å². The molecule has 4 nitrogen and oxygen atoms in total. The number of aromatic nitrogens is 3. The number of nitrogens with zero attached hydrogens (tertiary/aromatic N) is 4. The van der Waals surface area contributed by atoms with Crippen LogP contribution >= 0.6 is 0 Å². The van der Waals surface area contributed by atoms with Gasteiger partial charge >= 0.3 is 0 Å². The normalized spacial score (nSPS) is 12.4. The topological polar surface area (TPSA) is 62.5 Å². The summed E-state index contributed by atoms with van der Waals surface area (Å²) in [5, 5.41) is 9.65. The largest absolute Gasteiger partial charge is 0.265 e. The molecule has 0 unspecified atom stereocenters. The third kappa shape index (κ3) is 6.69. The maximum atomic E-state index is 9.65. The molecular weight excluding hydrogens is 717 g/mol. The first-order valence-corrected chi connectivity index (χ1v) is 19.9. The molecule has 1 aliphatic carbocycles. The molecule has 0 bridgehead atoms. The Kier molecular flexibility index (Phi) is 8.85. The fraction of sp³-hybridized carbons (Fsp3) is 0.0545. The van der Waals surface area contributed by atoms with Crippen molar-refractivity contribution in [3.63, 3.8) is 0 Å². The minimum atomic E-state index is -0.234. The molecule has 0 saturated heterocycles. The standard InChI is InChI=1S/C55H38N4/c1-55(2)50-29-36(35-56)13-23-48(50)49-24-22-44(33-51(49)55)47-31-45(30-46(32-47)40-25-27-57-28-26-40)39-16-20-42(21-17-39)53-34-52(58-54(59-53)43-11-7-4-8-12-43)41-18-14-38(15-19-41)37-9-5-3-6-10-37/h3-34H,1-2H3. The van der Waals surface area contributed by atoms with Gasteiger partial charge in [0.05, 0.1) is 23.0 Å². The van der Waals surface area contributed by atoms with E-state index in [1.54, 1.807) is 0 Å². The van der Waals surface area contributed by atoms with Crippen LogP contribution in [0.1, 0.15) is 30.5 Å². The number of nitriles is 1. The second kappa shape index (κ2) is 14.6. The molecule has 59 heavy (non-hydrogen) atoms. The summed E-state index contributed by atoms with van der Waals surface area (Å²) in [5.41, 5.74) is 19.2. The minimum absolute atomic E-state index is 0.234. The van der Waals surface area contributed by atoms with E-state index in [1.807, 2.05) is 42.7 Å². The summed E-state index contributed by atoms with van der Waals surface area (Å²) in [6, 6.07) is 66.2. The minimum Gasteiger partial charge on any atom is -0.265 e. The maximum absolute atomic E-state index is 9.65. The Morgan fingerprint density at radius 1 is 0.390 bits per heavy atom. The highest BCUT2D eigenvalue weighted by atomic mass is 14.9. The predicted octanol–water partition coefficient (Wildman–Crippen LogP) is 13.7. The lowest BCUT2D eigenvalue weighted by Gasteiger charge is -2.22. The molecule has 9 aromatic rings. The first-order chi connectivity index (χ1) is 28.9. The summed E-state index contributed by atoms with van der Waals surface area (Å²) in [6.45, 7) is 4.52. The van der Waals surface area contributed by atoms with Crippen LogP contribution in [0.25, 0.3) is 89.5 Å². The zero-order valence-corrected chi connectivity index (χ0v) is 32.8. The SMILES string of the molecule is CC1(C)c2cc(C#N)ccc2-c2ccc(-c3cc(-c4ccncc4)cc(-c4ccc(-c5cc(-c6ccc(-c7ccccc7)cc6)nc(-c6ccccc6)n5)cc4)c3)cc21. The molecule has 0 N–H and O–H groups in total. The fourth-order valence-corrected chi connectivity index (χ4v) is 8.42. The zero-order valence-electron chi connectivity index (χ0n) is 32.8. The molecule has 1 aliphatic rings. The van der Waals surface area contributed by atoms with Gasteiger partial charge in [0, 0.05) is 34.5 Å². The highest BCUT2D eigenvalue weighted by Crippen LogP contribution is 2.50. The van der Waals surface area contributed by atoms with E-state index in [2.05, 4.69) is 177 Å². The number of pyridine rings is 1. The monoisotopic (exact) mass is 754 g/mol. The average Bonchev–Trinajstić information content (AvgIpc) is 3.54. The van der Waals surface area contributed by atoms with Crippen LogP contribution in [0.3, 0.4) is 0 Å². The Morgan fingerprint density at radius 2 is 0.831 bits per heavy atom. The molecule has 0 atom stereocenters. The van der Waals surface area contributed by atoms with Gasteiger partial charge in [-0.1, -0.05) is 141 Å². The van der Waals surface area contributed by atoms with Gasteiger partial charge in [-0.15, -0.1) is 0 Å². The summed E-state index contributed by atoms with van der Waals surface area (Å²) in [6.07, 6.45) is 3.69. The summed E-state index contributed by atoms with van der Waals surface area (Å²) in [4.78, 5) is 14.5. The molecule has 10 rings (SSSR count). The lowest BCUT2D eigenvalue weighted by Crippen LogP contribution is -2.15. The Hall–Kier alpha value is -7.74. The van der Waals surface area contributed by atoms with Crippen molar-refractivity contribution in [2.24, 2.45) is 0 Å². The quantitative estimate of drug-likeness (QED) is 0.163. The van der Waals surface area contributed by atoms with Crippen LogP contribution < -0.4 is 0 Å². The number of fused-ring (bicyclic) bond motifs is 3.